The zero-order chi connectivity index (χ0) is 14.9. The van der Waals surface area contributed by atoms with Gasteiger partial charge in [0, 0.05) is 0 Å². The molecule has 2 aliphatic rings. The summed E-state index contributed by atoms with van der Waals surface area (Å²) in [5.41, 5.74) is 0. The van der Waals surface area contributed by atoms with Crippen molar-refractivity contribution < 1.29 is 30.6 Å². The van der Waals surface area contributed by atoms with Gasteiger partial charge < -0.3 is 30.6 Å². The van der Waals surface area contributed by atoms with Gasteiger partial charge in [0.2, 0.25) is 0 Å². The molecule has 0 aliphatic heterocycles. The Hall–Kier alpha value is -0.0600. The second-order valence-corrected chi connectivity index (χ2v) is 7.46. The molecule has 2 aliphatic carbocycles. The van der Waals surface area contributed by atoms with Crippen LogP contribution in [-0.4, -0.2) is 77.8 Å². The van der Waals surface area contributed by atoms with Gasteiger partial charge in [-0.2, -0.15) is 0 Å². The molecule has 20 heavy (non-hydrogen) atoms. The first kappa shape index (κ1) is 16.3. The van der Waals surface area contributed by atoms with Crippen molar-refractivity contribution in [2.75, 3.05) is 0 Å². The van der Waals surface area contributed by atoms with Gasteiger partial charge in [0.1, 0.15) is 24.4 Å². The van der Waals surface area contributed by atoms with E-state index in [2.05, 4.69) is 0 Å². The standard InChI is InChI=1S/C12H18O6S2/c13-5-1-3-7(11(17)9(5)15)19-20-8-4-2-6(14)10(16)12(8)18/h1-18H/t5-,6-,7-,8-,9+,10+,11+,12+/m1/s1. The first-order valence-corrected chi connectivity index (χ1v) is 8.46. The maximum absolute atomic E-state index is 9.83. The molecule has 0 spiro atoms. The number of aliphatic hydroxyl groups excluding tert-OH is 6. The zero-order valence-corrected chi connectivity index (χ0v) is 12.1. The Morgan fingerprint density at radius 1 is 0.500 bits per heavy atom. The maximum atomic E-state index is 9.83. The topological polar surface area (TPSA) is 121 Å². The SMILES string of the molecule is O[C@@H]1[C@@H](O)[C@H](SS[C@@H]2C=C[C@@H](O)[C@H](O)[C@H]2O)C=C[C@H]1O. The Morgan fingerprint density at radius 3 is 1.20 bits per heavy atom. The van der Waals surface area contributed by atoms with Gasteiger partial charge in [-0.3, -0.25) is 0 Å². The summed E-state index contributed by atoms with van der Waals surface area (Å²) in [6, 6.07) is 0. The minimum atomic E-state index is -1.24. The molecule has 0 saturated heterocycles. The molecule has 6 N–H and O–H groups in total. The first-order chi connectivity index (χ1) is 9.41. The maximum Gasteiger partial charge on any atom is 0.111 e. The molecule has 8 atom stereocenters. The van der Waals surface area contributed by atoms with Gasteiger partial charge in [-0.05, 0) is 0 Å². The minimum Gasteiger partial charge on any atom is -0.389 e. The quantitative estimate of drug-likeness (QED) is 0.272. The molecule has 0 aromatic heterocycles. The van der Waals surface area contributed by atoms with Gasteiger partial charge in [-0.15, -0.1) is 0 Å². The molecule has 2 rings (SSSR count). The van der Waals surface area contributed by atoms with E-state index in [9.17, 15) is 30.6 Å². The van der Waals surface area contributed by atoms with Crippen LogP contribution in [0.2, 0.25) is 0 Å². The lowest BCUT2D eigenvalue weighted by molar-refractivity contribution is -0.0432. The number of aliphatic hydroxyl groups is 6. The molecule has 6 nitrogen and oxygen atoms in total. The van der Waals surface area contributed by atoms with Crippen molar-refractivity contribution in [2.45, 2.75) is 47.1 Å². The first-order valence-electron chi connectivity index (χ1n) is 6.19. The van der Waals surface area contributed by atoms with Crippen molar-refractivity contribution in [2.24, 2.45) is 0 Å². The van der Waals surface area contributed by atoms with Crippen molar-refractivity contribution >= 4 is 21.6 Å². The highest BCUT2D eigenvalue weighted by Crippen LogP contribution is 2.39. The Bertz CT molecular complexity index is 354. The molecule has 8 heteroatoms. The fraction of sp³-hybridized carbons (Fsp3) is 0.667. The Morgan fingerprint density at radius 2 is 0.850 bits per heavy atom. The second-order valence-electron chi connectivity index (χ2n) is 4.84. The van der Waals surface area contributed by atoms with Crippen LogP contribution in [0.3, 0.4) is 0 Å². The highest BCUT2D eigenvalue weighted by Gasteiger charge is 2.37. The van der Waals surface area contributed by atoms with Gasteiger partial charge in [-0.25, -0.2) is 0 Å². The van der Waals surface area contributed by atoms with Gasteiger partial charge in [0.05, 0.1) is 22.7 Å². The summed E-state index contributed by atoms with van der Waals surface area (Å²) in [5, 5.41) is 56.7. The third-order valence-corrected chi connectivity index (χ3v) is 6.44. The molecule has 0 radical (unpaired) electrons. The summed E-state index contributed by atoms with van der Waals surface area (Å²) >= 11 is 0. The van der Waals surface area contributed by atoms with E-state index in [0.29, 0.717) is 0 Å². The van der Waals surface area contributed by atoms with Gasteiger partial charge >= 0.3 is 0 Å². The van der Waals surface area contributed by atoms with E-state index < -0.39 is 47.1 Å². The number of rotatable bonds is 3. The molecule has 114 valence electrons. The molecular formula is C12H18O6S2. The van der Waals surface area contributed by atoms with Crippen molar-refractivity contribution in [1.82, 2.24) is 0 Å². The van der Waals surface area contributed by atoms with E-state index in [1.54, 1.807) is 12.2 Å². The van der Waals surface area contributed by atoms with Crippen molar-refractivity contribution in [3.63, 3.8) is 0 Å². The molecular weight excluding hydrogens is 304 g/mol. The lowest BCUT2D eigenvalue weighted by Crippen LogP contribution is -2.46. The van der Waals surface area contributed by atoms with E-state index in [1.165, 1.54) is 33.7 Å². The minimum absolute atomic E-state index is 0.428. The predicted molar refractivity (Wildman–Crippen MR) is 77.1 cm³/mol. The summed E-state index contributed by atoms with van der Waals surface area (Å²) in [7, 11) is 2.46. The van der Waals surface area contributed by atoms with Crippen LogP contribution in [0.1, 0.15) is 0 Å². The average Bonchev–Trinajstić information content (AvgIpc) is 2.43. The van der Waals surface area contributed by atoms with Crippen LogP contribution in [-0.2, 0) is 0 Å². The van der Waals surface area contributed by atoms with Crippen LogP contribution >= 0.6 is 21.6 Å². The molecule has 0 fully saturated rings. The summed E-state index contributed by atoms with van der Waals surface area (Å²) in [5.74, 6) is 0. The monoisotopic (exact) mass is 322 g/mol. The molecule has 0 amide bonds. The van der Waals surface area contributed by atoms with E-state index >= 15 is 0 Å². The molecule has 0 unspecified atom stereocenters. The fourth-order valence-electron chi connectivity index (χ4n) is 2.00. The van der Waals surface area contributed by atoms with E-state index in [4.69, 9.17) is 0 Å². The van der Waals surface area contributed by atoms with E-state index in [-0.39, 0.29) is 0 Å². The lowest BCUT2D eigenvalue weighted by Gasteiger charge is -2.33. The van der Waals surface area contributed by atoms with Crippen LogP contribution < -0.4 is 0 Å². The van der Waals surface area contributed by atoms with Crippen molar-refractivity contribution in [3.05, 3.63) is 24.3 Å². The van der Waals surface area contributed by atoms with E-state index in [1.807, 2.05) is 0 Å². The Kier molecular flexibility index (Phi) is 5.55. The van der Waals surface area contributed by atoms with Gasteiger partial charge in [-0.1, -0.05) is 45.9 Å². The molecule has 0 aromatic carbocycles. The normalized spacial score (nSPS) is 48.5. The summed E-state index contributed by atoms with van der Waals surface area (Å²) in [4.78, 5) is 0. The van der Waals surface area contributed by atoms with Crippen molar-refractivity contribution in [1.29, 1.82) is 0 Å². The zero-order valence-electron chi connectivity index (χ0n) is 10.4. The third-order valence-electron chi connectivity index (χ3n) is 3.35. The van der Waals surface area contributed by atoms with Gasteiger partial charge in [0.25, 0.3) is 0 Å². The second kappa shape index (κ2) is 6.80. The summed E-state index contributed by atoms with van der Waals surface area (Å²) in [6.07, 6.45) is -0.806. The van der Waals surface area contributed by atoms with E-state index in [0.717, 1.165) is 0 Å². The number of hydrogen-bond acceptors (Lipinski definition) is 8. The molecule has 0 bridgehead atoms. The highest BCUT2D eigenvalue weighted by molar-refractivity contribution is 8.77. The third kappa shape index (κ3) is 3.40. The van der Waals surface area contributed by atoms with Crippen LogP contribution in [0.4, 0.5) is 0 Å². The van der Waals surface area contributed by atoms with Crippen LogP contribution in [0.15, 0.2) is 24.3 Å². The lowest BCUT2D eigenvalue weighted by atomic mass is 9.98. The largest absolute Gasteiger partial charge is 0.389 e. The highest BCUT2D eigenvalue weighted by atomic mass is 33.1. The average molecular weight is 322 g/mol. The fourth-order valence-corrected chi connectivity index (χ4v) is 4.95. The summed E-state index contributed by atoms with van der Waals surface area (Å²) < 4.78 is 0. The molecule has 0 saturated carbocycles. The van der Waals surface area contributed by atoms with Crippen LogP contribution in [0, 0.1) is 0 Å². The summed E-state index contributed by atoms with van der Waals surface area (Å²) in [6.45, 7) is 0. The smallest absolute Gasteiger partial charge is 0.111 e. The Labute approximate surface area is 124 Å². The molecule has 0 heterocycles. The van der Waals surface area contributed by atoms with Crippen molar-refractivity contribution in [3.8, 4) is 0 Å². The molecule has 0 aromatic rings. The predicted octanol–water partition coefficient (Wildman–Crippen LogP) is -1.59. The van der Waals surface area contributed by atoms with Crippen LogP contribution in [0.25, 0.3) is 0 Å². The number of hydrogen-bond donors (Lipinski definition) is 6. The Balaban J connectivity index is 1.93. The van der Waals surface area contributed by atoms with Crippen LogP contribution in [0.5, 0.6) is 0 Å². The van der Waals surface area contributed by atoms with Gasteiger partial charge in [0.15, 0.2) is 0 Å².